The van der Waals surface area contributed by atoms with E-state index in [1.165, 1.54) is 43.1 Å². The molecule has 0 aliphatic rings. The summed E-state index contributed by atoms with van der Waals surface area (Å²) in [6.07, 6.45) is 0. The van der Waals surface area contributed by atoms with Crippen molar-refractivity contribution in [3.63, 3.8) is 0 Å². The van der Waals surface area contributed by atoms with Crippen molar-refractivity contribution in [2.24, 2.45) is 0 Å². The van der Waals surface area contributed by atoms with Crippen LogP contribution in [-0.4, -0.2) is 29.1 Å². The molecule has 8 nitrogen and oxygen atoms in total. The van der Waals surface area contributed by atoms with Crippen LogP contribution in [0.15, 0.2) is 65.6 Å². The first-order valence-electron chi connectivity index (χ1n) is 10.2. The number of nitrogens with one attached hydrogen (secondary N) is 2. The number of aryl methyl sites for hydroxylation is 1. The van der Waals surface area contributed by atoms with Gasteiger partial charge < -0.3 is 15.4 Å². The van der Waals surface area contributed by atoms with E-state index in [0.29, 0.717) is 27.7 Å². The highest BCUT2D eigenvalue weighted by molar-refractivity contribution is 8.00. The number of nitro groups is 1. The van der Waals surface area contributed by atoms with E-state index in [1.807, 2.05) is 6.92 Å². The first-order chi connectivity index (χ1) is 16.2. The zero-order valence-corrected chi connectivity index (χ0v) is 20.2. The average Bonchev–Trinajstić information content (AvgIpc) is 2.82. The summed E-state index contributed by atoms with van der Waals surface area (Å²) in [6, 6.07) is 15.8. The minimum Gasteiger partial charge on any atom is -0.495 e. The van der Waals surface area contributed by atoms with Gasteiger partial charge in [-0.3, -0.25) is 19.7 Å². The second-order valence-corrected chi connectivity index (χ2v) is 9.15. The molecule has 10 heteroatoms. The summed E-state index contributed by atoms with van der Waals surface area (Å²) in [5, 5.41) is 16.5. The van der Waals surface area contributed by atoms with E-state index in [2.05, 4.69) is 10.6 Å². The minimum absolute atomic E-state index is 0.0827. The SMILES string of the molecule is COc1cc(Cl)c(C)cc1NC(=O)C(C)Sc1ccc(NC(=O)c2ccc([N+](=O)[O-])cc2)cc1. The lowest BCUT2D eigenvalue weighted by molar-refractivity contribution is -0.384. The van der Waals surface area contributed by atoms with Crippen molar-refractivity contribution >= 4 is 52.2 Å². The minimum atomic E-state index is -0.521. The van der Waals surface area contributed by atoms with Crippen LogP contribution in [0.4, 0.5) is 17.1 Å². The van der Waals surface area contributed by atoms with Crippen molar-refractivity contribution < 1.29 is 19.2 Å². The molecule has 2 amide bonds. The second kappa shape index (κ2) is 11.0. The van der Waals surface area contributed by atoms with E-state index >= 15 is 0 Å². The van der Waals surface area contributed by atoms with Crippen LogP contribution in [0, 0.1) is 17.0 Å². The van der Waals surface area contributed by atoms with Crippen LogP contribution < -0.4 is 15.4 Å². The number of nitro benzene ring substituents is 1. The number of hydrogen-bond donors (Lipinski definition) is 2. The summed E-state index contributed by atoms with van der Waals surface area (Å²) in [5.41, 5.74) is 2.16. The monoisotopic (exact) mass is 499 g/mol. The van der Waals surface area contributed by atoms with E-state index < -0.39 is 10.2 Å². The molecule has 34 heavy (non-hydrogen) atoms. The summed E-state index contributed by atoms with van der Waals surface area (Å²) >= 11 is 7.48. The average molecular weight is 500 g/mol. The van der Waals surface area contributed by atoms with Crippen LogP contribution in [0.25, 0.3) is 0 Å². The third-order valence-corrected chi connectivity index (χ3v) is 6.39. The van der Waals surface area contributed by atoms with Crippen LogP contribution in [-0.2, 0) is 4.79 Å². The molecule has 0 saturated heterocycles. The summed E-state index contributed by atoms with van der Waals surface area (Å²) in [7, 11) is 1.51. The second-order valence-electron chi connectivity index (χ2n) is 7.33. The zero-order valence-electron chi connectivity index (χ0n) is 18.6. The molecule has 0 heterocycles. The number of non-ortho nitro benzene ring substituents is 1. The van der Waals surface area contributed by atoms with E-state index in [-0.39, 0.29) is 17.5 Å². The molecule has 0 aliphatic heterocycles. The zero-order chi connectivity index (χ0) is 24.8. The number of hydrogen-bond acceptors (Lipinski definition) is 6. The predicted molar refractivity (Wildman–Crippen MR) is 134 cm³/mol. The van der Waals surface area contributed by atoms with Gasteiger partial charge in [0.15, 0.2) is 0 Å². The van der Waals surface area contributed by atoms with Gasteiger partial charge in [-0.2, -0.15) is 0 Å². The number of nitrogens with zero attached hydrogens (tertiary/aromatic N) is 1. The van der Waals surface area contributed by atoms with Crippen LogP contribution in [0.1, 0.15) is 22.8 Å². The molecular formula is C24H22ClN3O5S. The fourth-order valence-electron chi connectivity index (χ4n) is 2.98. The van der Waals surface area contributed by atoms with Crippen molar-refractivity contribution in [1.29, 1.82) is 0 Å². The first kappa shape index (κ1) is 25.1. The number of methoxy groups -OCH3 is 1. The number of ether oxygens (including phenoxy) is 1. The molecule has 0 aliphatic carbocycles. The number of benzene rings is 3. The maximum atomic E-state index is 12.7. The number of carbonyl (C=O) groups excluding carboxylic acids is 2. The van der Waals surface area contributed by atoms with Crippen molar-refractivity contribution in [2.45, 2.75) is 24.0 Å². The Bertz CT molecular complexity index is 1220. The first-order valence-corrected chi connectivity index (χ1v) is 11.4. The Labute approximate surface area is 205 Å². The Morgan fingerprint density at radius 1 is 1.06 bits per heavy atom. The molecule has 0 radical (unpaired) electrons. The summed E-state index contributed by atoms with van der Waals surface area (Å²) < 4.78 is 5.30. The third-order valence-electron chi connectivity index (χ3n) is 4.87. The van der Waals surface area contributed by atoms with Gasteiger partial charge in [0.05, 0.1) is 23.0 Å². The maximum absolute atomic E-state index is 12.7. The number of anilines is 2. The van der Waals surface area contributed by atoms with Gasteiger partial charge in [0.2, 0.25) is 5.91 Å². The van der Waals surface area contributed by atoms with Gasteiger partial charge in [-0.05, 0) is 61.9 Å². The molecule has 0 spiro atoms. The highest BCUT2D eigenvalue weighted by Crippen LogP contribution is 2.32. The van der Waals surface area contributed by atoms with Crippen LogP contribution in [0.2, 0.25) is 5.02 Å². The van der Waals surface area contributed by atoms with Gasteiger partial charge >= 0.3 is 0 Å². The summed E-state index contributed by atoms with van der Waals surface area (Å²) in [5.74, 6) is -0.0925. The molecule has 0 saturated carbocycles. The lowest BCUT2D eigenvalue weighted by Gasteiger charge is -2.15. The third kappa shape index (κ3) is 6.27. The molecule has 0 bridgehead atoms. The Hall–Kier alpha value is -3.56. The maximum Gasteiger partial charge on any atom is 0.269 e. The van der Waals surface area contributed by atoms with Crippen molar-refractivity contribution in [3.8, 4) is 5.75 Å². The standard InChI is InChI=1S/C24H22ClN3O5S/c1-14-12-21(22(33-3)13-20(14)25)27-23(29)15(2)34-19-10-6-17(7-11-19)26-24(30)16-4-8-18(9-5-16)28(31)32/h4-13,15H,1-3H3,(H,26,30)(H,27,29). The molecule has 0 aromatic heterocycles. The van der Waals surface area contributed by atoms with Crippen LogP contribution in [0.5, 0.6) is 5.75 Å². The van der Waals surface area contributed by atoms with E-state index in [0.717, 1.165) is 10.5 Å². The topological polar surface area (TPSA) is 111 Å². The number of thioether (sulfide) groups is 1. The van der Waals surface area contributed by atoms with E-state index in [9.17, 15) is 19.7 Å². The van der Waals surface area contributed by atoms with Crippen LogP contribution in [0.3, 0.4) is 0 Å². The molecule has 3 aromatic carbocycles. The fourth-order valence-corrected chi connectivity index (χ4v) is 4.00. The van der Waals surface area contributed by atoms with Crippen molar-refractivity contribution in [3.05, 3.63) is 86.9 Å². The normalized spacial score (nSPS) is 11.4. The van der Waals surface area contributed by atoms with E-state index in [1.54, 1.807) is 43.3 Å². The molecule has 0 fully saturated rings. The Morgan fingerprint density at radius 2 is 1.71 bits per heavy atom. The highest BCUT2D eigenvalue weighted by atomic mass is 35.5. The molecule has 1 unspecified atom stereocenters. The quantitative estimate of drug-likeness (QED) is 0.225. The Kier molecular flexibility index (Phi) is 8.14. The van der Waals surface area contributed by atoms with Gasteiger partial charge in [0, 0.05) is 39.4 Å². The van der Waals surface area contributed by atoms with Gasteiger partial charge in [0.25, 0.3) is 11.6 Å². The summed E-state index contributed by atoms with van der Waals surface area (Å²) in [6.45, 7) is 3.64. The predicted octanol–water partition coefficient (Wildman–Crippen LogP) is 5.94. The van der Waals surface area contributed by atoms with Gasteiger partial charge in [-0.25, -0.2) is 0 Å². The Balaban J connectivity index is 1.59. The van der Waals surface area contributed by atoms with Gasteiger partial charge in [-0.1, -0.05) is 11.6 Å². The molecule has 3 rings (SSSR count). The van der Waals surface area contributed by atoms with Crippen molar-refractivity contribution in [1.82, 2.24) is 0 Å². The molecule has 1 atom stereocenters. The van der Waals surface area contributed by atoms with E-state index in [4.69, 9.17) is 16.3 Å². The largest absolute Gasteiger partial charge is 0.495 e. The summed E-state index contributed by atoms with van der Waals surface area (Å²) in [4.78, 5) is 36.1. The molecular weight excluding hydrogens is 478 g/mol. The number of carbonyl (C=O) groups is 2. The van der Waals surface area contributed by atoms with Gasteiger partial charge in [0.1, 0.15) is 5.75 Å². The van der Waals surface area contributed by atoms with Crippen molar-refractivity contribution in [2.75, 3.05) is 17.7 Å². The fraction of sp³-hybridized carbons (Fsp3) is 0.167. The highest BCUT2D eigenvalue weighted by Gasteiger charge is 2.17. The van der Waals surface area contributed by atoms with Gasteiger partial charge in [-0.15, -0.1) is 11.8 Å². The number of rotatable bonds is 8. The molecule has 3 aromatic rings. The Morgan fingerprint density at radius 3 is 2.29 bits per heavy atom. The lowest BCUT2D eigenvalue weighted by atomic mass is 10.2. The smallest absolute Gasteiger partial charge is 0.269 e. The lowest BCUT2D eigenvalue weighted by Crippen LogP contribution is -2.22. The number of halogens is 1. The number of amides is 2. The van der Waals surface area contributed by atoms with Crippen LogP contribution >= 0.6 is 23.4 Å². The molecule has 176 valence electrons. The molecule has 2 N–H and O–H groups in total.